The fourth-order valence-corrected chi connectivity index (χ4v) is 1.91. The molecular formula is C19H22N2O3. The highest BCUT2D eigenvalue weighted by molar-refractivity contribution is 5.95. The Morgan fingerprint density at radius 3 is 2.46 bits per heavy atom. The summed E-state index contributed by atoms with van der Waals surface area (Å²) in [4.78, 5) is 12.0. The Kier molecular flexibility index (Phi) is 6.37. The van der Waals surface area contributed by atoms with Gasteiger partial charge in [-0.05, 0) is 66.4 Å². The number of nitrogens with zero attached hydrogens (tertiary/aromatic N) is 1. The van der Waals surface area contributed by atoms with Crippen LogP contribution >= 0.6 is 0 Å². The Morgan fingerprint density at radius 2 is 1.83 bits per heavy atom. The van der Waals surface area contributed by atoms with Crippen molar-refractivity contribution in [1.82, 2.24) is 5.43 Å². The zero-order valence-corrected chi connectivity index (χ0v) is 13.9. The summed E-state index contributed by atoms with van der Waals surface area (Å²) in [7, 11) is 0. The highest BCUT2D eigenvalue weighted by atomic mass is 16.5. The van der Waals surface area contributed by atoms with Crippen molar-refractivity contribution in [3.8, 4) is 11.5 Å². The fourth-order valence-electron chi connectivity index (χ4n) is 1.91. The van der Waals surface area contributed by atoms with Gasteiger partial charge in [0.15, 0.2) is 0 Å². The Morgan fingerprint density at radius 1 is 1.17 bits per heavy atom. The van der Waals surface area contributed by atoms with Crippen molar-refractivity contribution < 1.29 is 14.6 Å². The van der Waals surface area contributed by atoms with E-state index < -0.39 is 0 Å². The van der Waals surface area contributed by atoms with Crippen LogP contribution in [0.3, 0.4) is 0 Å². The van der Waals surface area contributed by atoms with Crippen molar-refractivity contribution in [2.24, 2.45) is 11.0 Å². The largest absolute Gasteiger partial charge is 0.508 e. The van der Waals surface area contributed by atoms with E-state index >= 15 is 0 Å². The minimum Gasteiger partial charge on any atom is -0.508 e. The molecule has 126 valence electrons. The number of carbonyl (C=O) groups excluding carboxylic acids is 1. The smallest absolute Gasteiger partial charge is 0.271 e. The number of rotatable bonds is 7. The fraction of sp³-hybridized carbons (Fsp3) is 0.263. The van der Waals surface area contributed by atoms with Crippen LogP contribution in [-0.4, -0.2) is 23.8 Å². The Labute approximate surface area is 142 Å². The molecule has 1 amide bonds. The Bertz CT molecular complexity index is 677. The number of phenols is 1. The lowest BCUT2D eigenvalue weighted by Crippen LogP contribution is -2.17. The molecule has 2 aromatic carbocycles. The summed E-state index contributed by atoms with van der Waals surface area (Å²) in [6.45, 7) is 4.96. The molecule has 0 aliphatic heterocycles. The van der Waals surface area contributed by atoms with Crippen LogP contribution in [0.15, 0.2) is 53.6 Å². The summed E-state index contributed by atoms with van der Waals surface area (Å²) in [5.74, 6) is 1.24. The molecule has 0 bridgehead atoms. The van der Waals surface area contributed by atoms with E-state index in [1.54, 1.807) is 48.5 Å². The lowest BCUT2D eigenvalue weighted by molar-refractivity contribution is 0.0955. The summed E-state index contributed by atoms with van der Waals surface area (Å²) < 4.78 is 5.62. The van der Waals surface area contributed by atoms with Crippen LogP contribution in [0.2, 0.25) is 0 Å². The molecule has 0 aliphatic rings. The second kappa shape index (κ2) is 8.72. The number of phenolic OH excluding ortho intramolecular Hbond substituents is 1. The number of hydrogen-bond acceptors (Lipinski definition) is 4. The molecule has 2 aromatic rings. The maximum Gasteiger partial charge on any atom is 0.271 e. The van der Waals surface area contributed by atoms with Crippen LogP contribution in [0.1, 0.15) is 36.2 Å². The van der Waals surface area contributed by atoms with Crippen molar-refractivity contribution in [2.75, 3.05) is 6.61 Å². The van der Waals surface area contributed by atoms with E-state index in [1.165, 1.54) is 6.21 Å². The van der Waals surface area contributed by atoms with E-state index in [0.29, 0.717) is 18.1 Å². The van der Waals surface area contributed by atoms with Crippen LogP contribution < -0.4 is 10.2 Å². The molecule has 2 rings (SSSR count). The molecule has 5 nitrogen and oxygen atoms in total. The van der Waals surface area contributed by atoms with Crippen molar-refractivity contribution in [3.63, 3.8) is 0 Å². The minimum atomic E-state index is -0.293. The maximum absolute atomic E-state index is 12.0. The number of benzene rings is 2. The maximum atomic E-state index is 12.0. The molecule has 5 heteroatoms. The Hall–Kier alpha value is -2.82. The van der Waals surface area contributed by atoms with Crippen molar-refractivity contribution in [3.05, 3.63) is 59.7 Å². The summed E-state index contributed by atoms with van der Waals surface area (Å²) in [5.41, 5.74) is 3.75. The second-order valence-electron chi connectivity index (χ2n) is 5.85. The third kappa shape index (κ3) is 5.76. The van der Waals surface area contributed by atoms with Gasteiger partial charge in [0.1, 0.15) is 11.5 Å². The first-order valence-corrected chi connectivity index (χ1v) is 7.90. The van der Waals surface area contributed by atoms with Gasteiger partial charge in [-0.1, -0.05) is 13.8 Å². The van der Waals surface area contributed by atoms with Gasteiger partial charge in [-0.2, -0.15) is 5.10 Å². The zero-order chi connectivity index (χ0) is 17.4. The summed E-state index contributed by atoms with van der Waals surface area (Å²) >= 11 is 0. The van der Waals surface area contributed by atoms with Crippen LogP contribution in [-0.2, 0) is 0 Å². The number of carbonyl (C=O) groups is 1. The van der Waals surface area contributed by atoms with Crippen molar-refractivity contribution in [1.29, 1.82) is 0 Å². The first-order chi connectivity index (χ1) is 11.5. The normalized spacial score (nSPS) is 11.0. The number of ether oxygens (including phenoxy) is 1. The third-order valence-corrected chi connectivity index (χ3v) is 3.35. The molecule has 0 aliphatic carbocycles. The van der Waals surface area contributed by atoms with E-state index in [0.717, 1.165) is 17.7 Å². The van der Waals surface area contributed by atoms with Gasteiger partial charge in [-0.15, -0.1) is 0 Å². The van der Waals surface area contributed by atoms with E-state index in [2.05, 4.69) is 24.4 Å². The first kappa shape index (κ1) is 17.5. The topological polar surface area (TPSA) is 70.9 Å². The van der Waals surface area contributed by atoms with Gasteiger partial charge in [0, 0.05) is 5.56 Å². The molecule has 0 spiro atoms. The molecule has 2 N–H and O–H groups in total. The first-order valence-electron chi connectivity index (χ1n) is 7.90. The van der Waals surface area contributed by atoms with Crippen LogP contribution in [0.4, 0.5) is 0 Å². The lowest BCUT2D eigenvalue weighted by atomic mass is 10.1. The molecule has 0 aromatic heterocycles. The van der Waals surface area contributed by atoms with Gasteiger partial charge >= 0.3 is 0 Å². The number of amides is 1. The molecular weight excluding hydrogens is 304 g/mol. The van der Waals surface area contributed by atoms with Gasteiger partial charge in [-0.3, -0.25) is 4.79 Å². The third-order valence-electron chi connectivity index (χ3n) is 3.35. The SMILES string of the molecule is CC(C)CCOc1ccc(C(=O)NN=Cc2ccc(O)cc2)cc1. The van der Waals surface area contributed by atoms with Crippen LogP contribution in [0.25, 0.3) is 0 Å². The molecule has 0 heterocycles. The molecule has 0 fully saturated rings. The van der Waals surface area contributed by atoms with Gasteiger partial charge in [0.2, 0.25) is 0 Å². The van der Waals surface area contributed by atoms with Gasteiger partial charge < -0.3 is 9.84 Å². The van der Waals surface area contributed by atoms with Gasteiger partial charge in [0.25, 0.3) is 5.91 Å². The average Bonchev–Trinajstić information content (AvgIpc) is 2.57. The molecule has 24 heavy (non-hydrogen) atoms. The minimum absolute atomic E-state index is 0.187. The van der Waals surface area contributed by atoms with E-state index in [9.17, 15) is 9.90 Å². The second-order valence-corrected chi connectivity index (χ2v) is 5.85. The summed E-state index contributed by atoms with van der Waals surface area (Å²) in [6, 6.07) is 13.5. The summed E-state index contributed by atoms with van der Waals surface area (Å²) in [6.07, 6.45) is 2.51. The molecule has 0 atom stereocenters. The van der Waals surface area contributed by atoms with Crippen molar-refractivity contribution >= 4 is 12.1 Å². The quantitative estimate of drug-likeness (QED) is 0.603. The zero-order valence-electron chi connectivity index (χ0n) is 13.9. The highest BCUT2D eigenvalue weighted by Crippen LogP contribution is 2.13. The number of aromatic hydroxyl groups is 1. The summed E-state index contributed by atoms with van der Waals surface area (Å²) in [5, 5.41) is 13.1. The van der Waals surface area contributed by atoms with E-state index in [1.807, 2.05) is 0 Å². The predicted molar refractivity (Wildman–Crippen MR) is 94.6 cm³/mol. The van der Waals surface area contributed by atoms with Crippen LogP contribution in [0.5, 0.6) is 11.5 Å². The molecule has 0 unspecified atom stereocenters. The van der Waals surface area contributed by atoms with Gasteiger partial charge in [-0.25, -0.2) is 5.43 Å². The average molecular weight is 326 g/mol. The monoisotopic (exact) mass is 326 g/mol. The van der Waals surface area contributed by atoms with Gasteiger partial charge in [0.05, 0.1) is 12.8 Å². The molecule has 0 saturated heterocycles. The standard InChI is InChI=1S/C19H22N2O3/c1-14(2)11-12-24-18-9-5-16(6-10-18)19(23)21-20-13-15-3-7-17(22)8-4-15/h3-10,13-14,22H,11-12H2,1-2H3,(H,21,23). The highest BCUT2D eigenvalue weighted by Gasteiger charge is 2.04. The van der Waals surface area contributed by atoms with Crippen LogP contribution in [0, 0.1) is 5.92 Å². The molecule has 0 radical (unpaired) electrons. The number of nitrogens with one attached hydrogen (secondary N) is 1. The van der Waals surface area contributed by atoms with Crippen molar-refractivity contribution in [2.45, 2.75) is 20.3 Å². The van der Waals surface area contributed by atoms with E-state index in [4.69, 9.17) is 4.74 Å². The number of hydrazone groups is 1. The number of hydrogen-bond donors (Lipinski definition) is 2. The van der Waals surface area contributed by atoms with E-state index in [-0.39, 0.29) is 11.7 Å². The predicted octanol–water partition coefficient (Wildman–Crippen LogP) is 3.58. The Balaban J connectivity index is 1.84. The lowest BCUT2D eigenvalue weighted by Gasteiger charge is -2.08. The molecule has 0 saturated carbocycles.